The fourth-order valence-electron chi connectivity index (χ4n) is 2.17. The molecule has 1 aromatic rings. The Labute approximate surface area is 141 Å². The van der Waals surface area contributed by atoms with Gasteiger partial charge in [0.25, 0.3) is 15.5 Å². The number of rotatable bonds is 6. The minimum atomic E-state index is -5.78. The molecular formula is C13H15F3N2O6S. The van der Waals surface area contributed by atoms with Crippen LogP contribution < -0.4 is 4.74 Å². The smallest absolute Gasteiger partial charge is 0.491 e. The predicted molar refractivity (Wildman–Crippen MR) is 79.1 cm³/mol. The Hall–Kier alpha value is -1.92. The van der Waals surface area contributed by atoms with Gasteiger partial charge in [0.15, 0.2) is 0 Å². The SMILES string of the molecule is O=[N+]([O-])c1ccc(OCCN2CCOCC2)c(S(=O)(=O)C(F)(F)F)c1. The van der Waals surface area contributed by atoms with Crippen LogP contribution in [0, 0.1) is 10.1 Å². The number of halogens is 3. The molecular weight excluding hydrogens is 369 g/mol. The maximum atomic E-state index is 12.8. The van der Waals surface area contributed by atoms with Gasteiger partial charge in [-0.3, -0.25) is 15.0 Å². The first-order chi connectivity index (χ1) is 11.6. The zero-order valence-electron chi connectivity index (χ0n) is 12.9. The summed E-state index contributed by atoms with van der Waals surface area (Å²) in [4.78, 5) is 10.4. The van der Waals surface area contributed by atoms with Gasteiger partial charge in [0.1, 0.15) is 17.3 Å². The van der Waals surface area contributed by atoms with Crippen LogP contribution in [-0.2, 0) is 14.6 Å². The van der Waals surface area contributed by atoms with Gasteiger partial charge in [0, 0.05) is 31.8 Å². The minimum Gasteiger partial charge on any atom is -0.491 e. The quantitative estimate of drug-likeness (QED) is 0.543. The first-order valence-electron chi connectivity index (χ1n) is 7.15. The number of ether oxygens (including phenoxy) is 2. The number of alkyl halides is 3. The molecule has 1 saturated heterocycles. The van der Waals surface area contributed by atoms with Crippen molar-refractivity contribution in [3.8, 4) is 5.75 Å². The molecule has 0 amide bonds. The van der Waals surface area contributed by atoms with Gasteiger partial charge in [-0.25, -0.2) is 8.42 Å². The molecule has 1 aliphatic rings. The predicted octanol–water partition coefficient (Wildman–Crippen LogP) is 1.60. The largest absolute Gasteiger partial charge is 0.502 e. The second-order valence-electron chi connectivity index (χ2n) is 5.14. The van der Waals surface area contributed by atoms with Gasteiger partial charge in [0.2, 0.25) is 0 Å². The number of morpholine rings is 1. The number of nitro groups is 1. The lowest BCUT2D eigenvalue weighted by atomic mass is 10.3. The molecule has 12 heteroatoms. The van der Waals surface area contributed by atoms with E-state index in [0.29, 0.717) is 38.9 Å². The summed E-state index contributed by atoms with van der Waals surface area (Å²) in [5.41, 5.74) is -6.37. The maximum Gasteiger partial charge on any atom is 0.502 e. The third-order valence-corrected chi connectivity index (χ3v) is 5.01. The molecule has 0 unspecified atom stereocenters. The van der Waals surface area contributed by atoms with E-state index in [-0.39, 0.29) is 6.61 Å². The third-order valence-electron chi connectivity index (χ3n) is 3.50. The highest BCUT2D eigenvalue weighted by atomic mass is 32.2. The molecule has 0 saturated carbocycles. The normalized spacial score (nSPS) is 16.6. The van der Waals surface area contributed by atoms with Crippen molar-refractivity contribution in [1.29, 1.82) is 0 Å². The van der Waals surface area contributed by atoms with E-state index in [2.05, 4.69) is 0 Å². The highest BCUT2D eigenvalue weighted by Gasteiger charge is 2.49. The Morgan fingerprint density at radius 3 is 2.48 bits per heavy atom. The zero-order chi connectivity index (χ0) is 18.7. The van der Waals surface area contributed by atoms with Crippen molar-refractivity contribution in [2.45, 2.75) is 10.4 Å². The Morgan fingerprint density at radius 1 is 1.28 bits per heavy atom. The summed E-state index contributed by atoms with van der Waals surface area (Å²) >= 11 is 0. The number of benzene rings is 1. The summed E-state index contributed by atoms with van der Waals surface area (Å²) in [5, 5.41) is 10.7. The van der Waals surface area contributed by atoms with E-state index < -0.39 is 36.6 Å². The van der Waals surface area contributed by atoms with E-state index in [9.17, 15) is 31.7 Å². The number of nitro benzene ring substituents is 1. The maximum absolute atomic E-state index is 12.8. The van der Waals surface area contributed by atoms with Crippen LogP contribution in [0.25, 0.3) is 0 Å². The average Bonchev–Trinajstić information content (AvgIpc) is 2.54. The van der Waals surface area contributed by atoms with Gasteiger partial charge in [-0.05, 0) is 6.07 Å². The van der Waals surface area contributed by atoms with Crippen molar-refractivity contribution in [3.63, 3.8) is 0 Å². The highest BCUT2D eigenvalue weighted by molar-refractivity contribution is 7.92. The lowest BCUT2D eigenvalue weighted by Crippen LogP contribution is -2.38. The first-order valence-corrected chi connectivity index (χ1v) is 8.64. The number of nitrogens with zero attached hydrogens (tertiary/aromatic N) is 2. The molecule has 0 spiro atoms. The Balaban J connectivity index is 2.23. The van der Waals surface area contributed by atoms with Gasteiger partial charge < -0.3 is 9.47 Å². The average molecular weight is 384 g/mol. The Morgan fingerprint density at radius 2 is 1.92 bits per heavy atom. The highest BCUT2D eigenvalue weighted by Crippen LogP contribution is 2.37. The summed E-state index contributed by atoms with van der Waals surface area (Å²) in [7, 11) is -5.78. The van der Waals surface area contributed by atoms with Crippen molar-refractivity contribution >= 4 is 15.5 Å². The van der Waals surface area contributed by atoms with Crippen molar-refractivity contribution in [2.75, 3.05) is 39.5 Å². The van der Waals surface area contributed by atoms with Gasteiger partial charge in [-0.2, -0.15) is 13.2 Å². The molecule has 25 heavy (non-hydrogen) atoms. The van der Waals surface area contributed by atoms with Gasteiger partial charge in [0.05, 0.1) is 18.1 Å². The fourth-order valence-corrected chi connectivity index (χ4v) is 3.09. The second-order valence-corrected chi connectivity index (χ2v) is 7.05. The van der Waals surface area contributed by atoms with Crippen LogP contribution in [0.5, 0.6) is 5.75 Å². The summed E-state index contributed by atoms with van der Waals surface area (Å²) in [6.45, 7) is 2.56. The van der Waals surface area contributed by atoms with E-state index in [1.54, 1.807) is 0 Å². The standard InChI is InChI=1S/C13H15F3N2O6S/c14-13(15,16)25(21,22)12-9-10(18(19)20)1-2-11(12)24-8-5-17-3-6-23-7-4-17/h1-2,9H,3-8H2. The Bertz CT molecular complexity index is 732. The summed E-state index contributed by atoms with van der Waals surface area (Å²) < 4.78 is 72.1. The van der Waals surface area contributed by atoms with Crippen LogP contribution in [0.15, 0.2) is 23.1 Å². The van der Waals surface area contributed by atoms with Crippen LogP contribution in [0.4, 0.5) is 18.9 Å². The first kappa shape index (κ1) is 19.4. The molecule has 8 nitrogen and oxygen atoms in total. The number of non-ortho nitro benzene ring substituents is 1. The molecule has 140 valence electrons. The summed E-state index contributed by atoms with van der Waals surface area (Å²) in [6.07, 6.45) is 0. The van der Waals surface area contributed by atoms with Gasteiger partial charge >= 0.3 is 5.51 Å². The van der Waals surface area contributed by atoms with Gasteiger partial charge in [-0.15, -0.1) is 0 Å². The number of hydrogen-bond acceptors (Lipinski definition) is 7. The van der Waals surface area contributed by atoms with Crippen LogP contribution in [-0.4, -0.2) is 63.2 Å². The summed E-state index contributed by atoms with van der Waals surface area (Å²) in [6, 6.07) is 2.10. The van der Waals surface area contributed by atoms with Crippen molar-refractivity contribution in [3.05, 3.63) is 28.3 Å². The monoisotopic (exact) mass is 384 g/mol. The Kier molecular flexibility index (Phi) is 5.85. The van der Waals surface area contributed by atoms with Crippen LogP contribution >= 0.6 is 0 Å². The lowest BCUT2D eigenvalue weighted by molar-refractivity contribution is -0.385. The molecule has 0 radical (unpaired) electrons. The van der Waals surface area contributed by atoms with Crippen LogP contribution in [0.2, 0.25) is 0 Å². The van der Waals surface area contributed by atoms with E-state index in [1.165, 1.54) is 0 Å². The van der Waals surface area contributed by atoms with Crippen molar-refractivity contribution in [2.24, 2.45) is 0 Å². The topological polar surface area (TPSA) is 99.0 Å². The lowest BCUT2D eigenvalue weighted by Gasteiger charge is -2.26. The van der Waals surface area contributed by atoms with Crippen molar-refractivity contribution in [1.82, 2.24) is 4.90 Å². The molecule has 0 bridgehead atoms. The molecule has 1 aliphatic heterocycles. The molecule has 0 aromatic heterocycles. The molecule has 2 rings (SSSR count). The van der Waals surface area contributed by atoms with Crippen LogP contribution in [0.3, 0.4) is 0 Å². The summed E-state index contributed by atoms with van der Waals surface area (Å²) in [5.74, 6) is -0.573. The molecule has 1 aromatic carbocycles. The molecule has 0 aliphatic carbocycles. The third kappa shape index (κ3) is 4.58. The van der Waals surface area contributed by atoms with Gasteiger partial charge in [-0.1, -0.05) is 0 Å². The van der Waals surface area contributed by atoms with E-state index >= 15 is 0 Å². The minimum absolute atomic E-state index is 0.0712. The van der Waals surface area contributed by atoms with Crippen molar-refractivity contribution < 1.29 is 36.0 Å². The molecule has 0 atom stereocenters. The van der Waals surface area contributed by atoms with E-state index in [4.69, 9.17) is 9.47 Å². The second kappa shape index (κ2) is 7.54. The van der Waals surface area contributed by atoms with E-state index in [0.717, 1.165) is 12.1 Å². The molecule has 1 heterocycles. The molecule has 1 fully saturated rings. The fraction of sp³-hybridized carbons (Fsp3) is 0.538. The zero-order valence-corrected chi connectivity index (χ0v) is 13.7. The number of sulfone groups is 1. The number of hydrogen-bond donors (Lipinski definition) is 0. The van der Waals surface area contributed by atoms with E-state index in [1.807, 2.05) is 4.90 Å². The molecule has 0 N–H and O–H groups in total. The van der Waals surface area contributed by atoms with Crippen LogP contribution in [0.1, 0.15) is 0 Å².